The van der Waals surface area contributed by atoms with Gasteiger partial charge in [-0.25, -0.2) is 4.39 Å². The number of nitrogens with one attached hydrogen (secondary N) is 1. The minimum absolute atomic E-state index is 0.183. The van der Waals surface area contributed by atoms with E-state index in [-0.39, 0.29) is 17.0 Å². The van der Waals surface area contributed by atoms with Crippen LogP contribution in [0.4, 0.5) is 4.39 Å². The normalized spacial score (nSPS) is 17.2. The van der Waals surface area contributed by atoms with E-state index in [1.807, 2.05) is 6.07 Å². The third-order valence-electron chi connectivity index (χ3n) is 3.61. The first kappa shape index (κ1) is 11.4. The molecule has 2 aromatic rings. The molecule has 18 heavy (non-hydrogen) atoms. The molecule has 1 aliphatic heterocycles. The number of pyridine rings is 1. The highest BCUT2D eigenvalue weighted by molar-refractivity contribution is 5.81. The van der Waals surface area contributed by atoms with Gasteiger partial charge in [-0.2, -0.15) is 0 Å². The van der Waals surface area contributed by atoms with E-state index < -0.39 is 5.82 Å². The van der Waals surface area contributed by atoms with Gasteiger partial charge in [0.05, 0.1) is 5.39 Å². The summed E-state index contributed by atoms with van der Waals surface area (Å²) in [5.41, 5.74) is -0.211. The van der Waals surface area contributed by atoms with E-state index in [0.29, 0.717) is 5.39 Å². The quantitative estimate of drug-likeness (QED) is 0.835. The SMILES string of the molecule is O=c1c2c(F)cccc2ccn1C1CCNCC1. The summed E-state index contributed by atoms with van der Waals surface area (Å²) in [5, 5.41) is 4.14. The highest BCUT2D eigenvalue weighted by Gasteiger charge is 2.17. The summed E-state index contributed by atoms with van der Waals surface area (Å²) in [6, 6.07) is 6.75. The molecule has 0 atom stereocenters. The molecule has 0 unspecified atom stereocenters. The molecule has 0 radical (unpaired) electrons. The van der Waals surface area contributed by atoms with Crippen molar-refractivity contribution >= 4 is 10.8 Å². The second-order valence-electron chi connectivity index (χ2n) is 4.71. The second-order valence-corrected chi connectivity index (χ2v) is 4.71. The van der Waals surface area contributed by atoms with Crippen LogP contribution in [0.5, 0.6) is 0 Å². The third kappa shape index (κ3) is 1.82. The summed E-state index contributed by atoms with van der Waals surface area (Å²) in [7, 11) is 0. The summed E-state index contributed by atoms with van der Waals surface area (Å²) >= 11 is 0. The molecule has 0 aliphatic carbocycles. The van der Waals surface area contributed by atoms with Gasteiger partial charge in [0.2, 0.25) is 0 Å². The van der Waals surface area contributed by atoms with Crippen LogP contribution in [0.25, 0.3) is 10.8 Å². The summed E-state index contributed by atoms with van der Waals surface area (Å²) in [6.07, 6.45) is 3.62. The molecule has 1 aliphatic rings. The fourth-order valence-corrected chi connectivity index (χ4v) is 2.64. The molecule has 1 fully saturated rings. The lowest BCUT2D eigenvalue weighted by Gasteiger charge is -2.25. The molecule has 94 valence electrons. The molecule has 1 aromatic carbocycles. The van der Waals surface area contributed by atoms with Crippen LogP contribution >= 0.6 is 0 Å². The highest BCUT2D eigenvalue weighted by Crippen LogP contribution is 2.19. The van der Waals surface area contributed by atoms with Crippen molar-refractivity contribution in [1.29, 1.82) is 0 Å². The largest absolute Gasteiger partial charge is 0.317 e. The zero-order chi connectivity index (χ0) is 12.5. The van der Waals surface area contributed by atoms with Gasteiger partial charge in [0.1, 0.15) is 5.82 Å². The van der Waals surface area contributed by atoms with Crippen molar-refractivity contribution in [3.63, 3.8) is 0 Å². The number of aromatic nitrogens is 1. The number of rotatable bonds is 1. The Kier molecular flexibility index (Phi) is 2.88. The molecule has 3 rings (SSSR count). The fourth-order valence-electron chi connectivity index (χ4n) is 2.64. The maximum atomic E-state index is 13.8. The van der Waals surface area contributed by atoms with E-state index in [1.165, 1.54) is 6.07 Å². The van der Waals surface area contributed by atoms with Gasteiger partial charge in [-0.05, 0) is 43.5 Å². The minimum atomic E-state index is -0.430. The lowest BCUT2D eigenvalue weighted by atomic mass is 10.1. The molecular weight excluding hydrogens is 231 g/mol. The fraction of sp³-hybridized carbons (Fsp3) is 0.357. The van der Waals surface area contributed by atoms with E-state index in [9.17, 15) is 9.18 Å². The Labute approximate surface area is 104 Å². The van der Waals surface area contributed by atoms with E-state index in [4.69, 9.17) is 0 Å². The van der Waals surface area contributed by atoms with Crippen molar-refractivity contribution in [1.82, 2.24) is 9.88 Å². The monoisotopic (exact) mass is 246 g/mol. The van der Waals surface area contributed by atoms with E-state index in [0.717, 1.165) is 25.9 Å². The van der Waals surface area contributed by atoms with Gasteiger partial charge in [0.25, 0.3) is 5.56 Å². The Balaban J connectivity index is 2.16. The first-order chi connectivity index (χ1) is 8.77. The number of fused-ring (bicyclic) bond motifs is 1. The second kappa shape index (κ2) is 4.53. The predicted molar refractivity (Wildman–Crippen MR) is 69.3 cm³/mol. The first-order valence-electron chi connectivity index (χ1n) is 6.27. The smallest absolute Gasteiger partial charge is 0.261 e. The lowest BCUT2D eigenvalue weighted by molar-refractivity contribution is 0.362. The summed E-state index contributed by atoms with van der Waals surface area (Å²) in [6.45, 7) is 1.82. The first-order valence-corrected chi connectivity index (χ1v) is 6.27. The number of benzene rings is 1. The predicted octanol–water partition coefficient (Wildman–Crippen LogP) is 2.07. The average Bonchev–Trinajstić information content (AvgIpc) is 2.40. The average molecular weight is 246 g/mol. The maximum absolute atomic E-state index is 13.8. The van der Waals surface area contributed by atoms with Crippen LogP contribution in [-0.2, 0) is 0 Å². The van der Waals surface area contributed by atoms with Crippen molar-refractivity contribution in [2.75, 3.05) is 13.1 Å². The zero-order valence-corrected chi connectivity index (χ0v) is 10.0. The van der Waals surface area contributed by atoms with Crippen molar-refractivity contribution in [2.24, 2.45) is 0 Å². The molecule has 0 saturated carbocycles. The van der Waals surface area contributed by atoms with Crippen molar-refractivity contribution < 1.29 is 4.39 Å². The molecule has 4 heteroatoms. The number of halogens is 1. The van der Waals surface area contributed by atoms with Crippen LogP contribution in [0.3, 0.4) is 0 Å². The van der Waals surface area contributed by atoms with Crippen LogP contribution in [0.15, 0.2) is 35.3 Å². The number of hydrogen-bond acceptors (Lipinski definition) is 2. The third-order valence-corrected chi connectivity index (χ3v) is 3.61. The van der Waals surface area contributed by atoms with Gasteiger partial charge < -0.3 is 9.88 Å². The molecule has 2 heterocycles. The van der Waals surface area contributed by atoms with E-state index >= 15 is 0 Å². The van der Waals surface area contributed by atoms with E-state index in [2.05, 4.69) is 5.32 Å². The van der Waals surface area contributed by atoms with Crippen molar-refractivity contribution in [3.8, 4) is 0 Å². The van der Waals surface area contributed by atoms with Crippen molar-refractivity contribution in [2.45, 2.75) is 18.9 Å². The Morgan fingerprint density at radius 2 is 2.00 bits per heavy atom. The standard InChI is InChI=1S/C14H15FN2O/c15-12-3-1-2-10-6-9-17(14(18)13(10)12)11-4-7-16-8-5-11/h1-3,6,9,11,16H,4-5,7-8H2. The van der Waals surface area contributed by atoms with Gasteiger partial charge in [-0.15, -0.1) is 0 Å². The Morgan fingerprint density at radius 1 is 1.22 bits per heavy atom. The molecule has 1 aromatic heterocycles. The molecule has 1 N–H and O–H groups in total. The van der Waals surface area contributed by atoms with Gasteiger partial charge in [-0.1, -0.05) is 12.1 Å². The molecule has 0 spiro atoms. The van der Waals surface area contributed by atoms with Gasteiger partial charge in [-0.3, -0.25) is 4.79 Å². The van der Waals surface area contributed by atoms with Gasteiger partial charge in [0, 0.05) is 12.2 Å². The summed E-state index contributed by atoms with van der Waals surface area (Å²) in [4.78, 5) is 12.4. The van der Waals surface area contributed by atoms with Crippen LogP contribution in [-0.4, -0.2) is 17.7 Å². The minimum Gasteiger partial charge on any atom is -0.317 e. The van der Waals surface area contributed by atoms with Gasteiger partial charge in [0.15, 0.2) is 0 Å². The van der Waals surface area contributed by atoms with Crippen molar-refractivity contribution in [3.05, 3.63) is 46.6 Å². The number of piperidine rings is 1. The number of hydrogen-bond donors (Lipinski definition) is 1. The lowest BCUT2D eigenvalue weighted by Crippen LogP contribution is -2.34. The van der Waals surface area contributed by atoms with Crippen LogP contribution in [0.1, 0.15) is 18.9 Å². The summed E-state index contributed by atoms with van der Waals surface area (Å²) in [5.74, 6) is -0.430. The molecule has 0 amide bonds. The zero-order valence-electron chi connectivity index (χ0n) is 10.0. The summed E-state index contributed by atoms with van der Waals surface area (Å²) < 4.78 is 15.5. The number of nitrogens with zero attached hydrogens (tertiary/aromatic N) is 1. The van der Waals surface area contributed by atoms with Crippen LogP contribution in [0, 0.1) is 5.82 Å². The molecule has 0 bridgehead atoms. The molecule has 1 saturated heterocycles. The highest BCUT2D eigenvalue weighted by atomic mass is 19.1. The molecule has 3 nitrogen and oxygen atoms in total. The Morgan fingerprint density at radius 3 is 2.78 bits per heavy atom. The van der Waals surface area contributed by atoms with Crippen LogP contribution in [0.2, 0.25) is 0 Å². The Bertz CT molecular complexity index is 629. The topological polar surface area (TPSA) is 34.0 Å². The van der Waals surface area contributed by atoms with Crippen LogP contribution < -0.4 is 10.9 Å². The molecular formula is C14H15FN2O. The van der Waals surface area contributed by atoms with E-state index in [1.54, 1.807) is 22.9 Å². The van der Waals surface area contributed by atoms with Gasteiger partial charge >= 0.3 is 0 Å². The Hall–Kier alpha value is -1.68. The maximum Gasteiger partial charge on any atom is 0.261 e.